The van der Waals surface area contributed by atoms with Gasteiger partial charge in [0.05, 0.1) is 0 Å². The highest BCUT2D eigenvalue weighted by molar-refractivity contribution is 6.74. The number of hydrogen-bond donors (Lipinski definition) is 0. The second kappa shape index (κ2) is 6.01. The van der Waals surface area contributed by atoms with E-state index in [0.29, 0.717) is 25.0 Å². The summed E-state index contributed by atoms with van der Waals surface area (Å²) >= 11 is 0. The Morgan fingerprint density at radius 1 is 1.33 bits per heavy atom. The van der Waals surface area contributed by atoms with Gasteiger partial charge in [-0.2, -0.15) is 0 Å². The number of nitrogens with zero attached hydrogens (tertiary/aromatic N) is 1. The van der Waals surface area contributed by atoms with E-state index in [-0.39, 0.29) is 17.2 Å². The maximum absolute atomic E-state index is 12.1. The molecule has 0 aromatic rings. The third-order valence-electron chi connectivity index (χ3n) is 5.48. The summed E-state index contributed by atoms with van der Waals surface area (Å²) in [4.78, 5) is 14.1. The van der Waals surface area contributed by atoms with E-state index in [0.717, 1.165) is 19.4 Å². The monoisotopic (exact) mass is 313 g/mol. The minimum absolute atomic E-state index is 0.0250. The van der Waals surface area contributed by atoms with E-state index in [1.807, 2.05) is 11.8 Å². The molecule has 2 aliphatic rings. The van der Waals surface area contributed by atoms with E-state index in [1.54, 1.807) is 0 Å². The van der Waals surface area contributed by atoms with Gasteiger partial charge in [0.15, 0.2) is 8.32 Å². The van der Waals surface area contributed by atoms with Crippen LogP contribution in [-0.4, -0.2) is 44.6 Å². The van der Waals surface area contributed by atoms with Gasteiger partial charge in [-0.3, -0.25) is 4.79 Å². The average Bonchev–Trinajstić information content (AvgIpc) is 2.89. The fourth-order valence-electron chi connectivity index (χ4n) is 3.14. The van der Waals surface area contributed by atoms with E-state index in [1.165, 1.54) is 0 Å². The summed E-state index contributed by atoms with van der Waals surface area (Å²) in [6, 6.07) is 0.332. The maximum Gasteiger partial charge on any atom is 0.224 e. The van der Waals surface area contributed by atoms with Gasteiger partial charge in [-0.25, -0.2) is 0 Å². The molecule has 2 heterocycles. The molecule has 2 aliphatic heterocycles. The number of rotatable bonds is 5. The van der Waals surface area contributed by atoms with Crippen LogP contribution >= 0.6 is 0 Å². The first-order valence-corrected chi connectivity index (χ1v) is 11.1. The van der Waals surface area contributed by atoms with Gasteiger partial charge in [0.25, 0.3) is 0 Å². The van der Waals surface area contributed by atoms with E-state index >= 15 is 0 Å². The minimum Gasteiger partial charge on any atom is -0.416 e. The van der Waals surface area contributed by atoms with Crippen molar-refractivity contribution < 1.29 is 14.0 Å². The van der Waals surface area contributed by atoms with Gasteiger partial charge < -0.3 is 14.1 Å². The Hall–Kier alpha value is -0.393. The van der Waals surface area contributed by atoms with E-state index < -0.39 is 8.32 Å². The molecule has 0 aliphatic carbocycles. The predicted octanol–water partition coefficient (Wildman–Crippen LogP) is 3.38. The third-order valence-corrected chi connectivity index (χ3v) is 9.98. The molecule has 1 amide bonds. The number of carbonyl (C=O) groups excluding carboxylic acids is 1. The average molecular weight is 314 g/mol. The zero-order valence-corrected chi connectivity index (χ0v) is 15.4. The van der Waals surface area contributed by atoms with Crippen molar-refractivity contribution in [2.75, 3.05) is 13.2 Å². The lowest BCUT2D eigenvalue weighted by Crippen LogP contribution is -2.43. The van der Waals surface area contributed by atoms with E-state index in [2.05, 4.69) is 33.9 Å². The zero-order chi connectivity index (χ0) is 15.8. The van der Waals surface area contributed by atoms with Crippen LogP contribution in [0.3, 0.4) is 0 Å². The largest absolute Gasteiger partial charge is 0.416 e. The van der Waals surface area contributed by atoms with Gasteiger partial charge in [0.2, 0.25) is 5.91 Å². The summed E-state index contributed by atoms with van der Waals surface area (Å²) < 4.78 is 12.2. The topological polar surface area (TPSA) is 38.8 Å². The lowest BCUT2D eigenvalue weighted by molar-refractivity contribution is -0.139. The highest BCUT2D eigenvalue weighted by Gasteiger charge is 2.48. The fraction of sp³-hybridized carbons (Fsp3) is 0.938. The van der Waals surface area contributed by atoms with Crippen molar-refractivity contribution in [2.45, 2.75) is 77.4 Å². The lowest BCUT2D eigenvalue weighted by Gasteiger charge is -2.37. The number of amides is 1. The molecule has 0 bridgehead atoms. The Bertz CT molecular complexity index is 391. The number of carbonyl (C=O) groups is 1. The van der Waals surface area contributed by atoms with Crippen LogP contribution in [0.1, 0.15) is 47.0 Å². The van der Waals surface area contributed by atoms with Crippen molar-refractivity contribution in [2.24, 2.45) is 5.92 Å². The SMILES string of the molecule is CCO[C@H]1C[C@@H](CO[Si](C)(C)C(C)(C)C)[C@@H]2CCC(=O)N12. The molecule has 0 aromatic heterocycles. The summed E-state index contributed by atoms with van der Waals surface area (Å²) in [6.07, 6.45) is 2.54. The summed E-state index contributed by atoms with van der Waals surface area (Å²) in [5, 5.41) is 0.232. The molecule has 122 valence electrons. The molecule has 0 saturated carbocycles. The molecular weight excluding hydrogens is 282 g/mol. The Morgan fingerprint density at radius 2 is 2.00 bits per heavy atom. The summed E-state index contributed by atoms with van der Waals surface area (Å²) in [6.45, 7) is 14.8. The summed E-state index contributed by atoms with van der Waals surface area (Å²) in [5.41, 5.74) is 0. The highest BCUT2D eigenvalue weighted by Crippen LogP contribution is 2.41. The predicted molar refractivity (Wildman–Crippen MR) is 86.5 cm³/mol. The van der Waals surface area contributed by atoms with Crippen molar-refractivity contribution in [3.05, 3.63) is 0 Å². The highest BCUT2D eigenvalue weighted by atomic mass is 28.4. The molecule has 0 unspecified atom stereocenters. The fourth-order valence-corrected chi connectivity index (χ4v) is 4.21. The molecule has 5 heteroatoms. The van der Waals surface area contributed by atoms with Gasteiger partial charge in [0.1, 0.15) is 6.23 Å². The zero-order valence-electron chi connectivity index (χ0n) is 14.4. The Morgan fingerprint density at radius 3 is 2.57 bits per heavy atom. The second-order valence-electron chi connectivity index (χ2n) is 7.88. The van der Waals surface area contributed by atoms with Crippen LogP contribution in [0, 0.1) is 5.92 Å². The smallest absolute Gasteiger partial charge is 0.224 e. The molecule has 3 atom stereocenters. The number of hydrogen-bond acceptors (Lipinski definition) is 3. The van der Waals surface area contributed by atoms with Crippen LogP contribution < -0.4 is 0 Å². The first-order valence-electron chi connectivity index (χ1n) is 8.24. The molecular formula is C16H31NO3Si. The molecule has 0 radical (unpaired) electrons. The maximum atomic E-state index is 12.1. The summed E-state index contributed by atoms with van der Waals surface area (Å²) in [5.74, 6) is 0.690. The van der Waals surface area contributed by atoms with Gasteiger partial charge in [0, 0.05) is 31.6 Å². The van der Waals surface area contributed by atoms with Crippen LogP contribution in [0.4, 0.5) is 0 Å². The molecule has 0 spiro atoms. The first kappa shape index (κ1) is 17.0. The lowest BCUT2D eigenvalue weighted by atomic mass is 9.99. The number of fused-ring (bicyclic) bond motifs is 1. The standard InChI is InChI=1S/C16H31NO3Si/c1-7-19-15-10-12(13-8-9-14(18)17(13)15)11-20-21(5,6)16(2,3)4/h12-13,15H,7-11H2,1-6H3/t12-,13-,15-/m0/s1. The van der Waals surface area contributed by atoms with Gasteiger partial charge in [-0.05, 0) is 37.9 Å². The normalized spacial score (nSPS) is 30.1. The van der Waals surface area contributed by atoms with Crippen molar-refractivity contribution in [3.8, 4) is 0 Å². The van der Waals surface area contributed by atoms with Gasteiger partial charge >= 0.3 is 0 Å². The molecule has 2 saturated heterocycles. The van der Waals surface area contributed by atoms with Gasteiger partial charge in [-0.15, -0.1) is 0 Å². The minimum atomic E-state index is -1.72. The summed E-state index contributed by atoms with van der Waals surface area (Å²) in [7, 11) is -1.72. The number of ether oxygens (including phenoxy) is 1. The van der Waals surface area contributed by atoms with Crippen molar-refractivity contribution in [1.29, 1.82) is 0 Å². The van der Waals surface area contributed by atoms with Crippen molar-refractivity contribution in [3.63, 3.8) is 0 Å². The van der Waals surface area contributed by atoms with Crippen LogP contribution in [0.25, 0.3) is 0 Å². The van der Waals surface area contributed by atoms with E-state index in [4.69, 9.17) is 9.16 Å². The molecule has 0 N–H and O–H groups in total. The van der Waals surface area contributed by atoms with Crippen molar-refractivity contribution >= 4 is 14.2 Å². The van der Waals surface area contributed by atoms with E-state index in [9.17, 15) is 4.79 Å². The molecule has 0 aromatic carbocycles. The van der Waals surface area contributed by atoms with Crippen molar-refractivity contribution in [1.82, 2.24) is 4.90 Å². The van der Waals surface area contributed by atoms with Crippen LogP contribution in [0.5, 0.6) is 0 Å². The molecule has 4 nitrogen and oxygen atoms in total. The molecule has 2 fully saturated rings. The molecule has 2 rings (SSSR count). The molecule has 21 heavy (non-hydrogen) atoms. The quantitative estimate of drug-likeness (QED) is 0.730. The van der Waals surface area contributed by atoms with Crippen LogP contribution in [0.15, 0.2) is 0 Å². The first-order chi connectivity index (χ1) is 9.67. The Balaban J connectivity index is 2.00. The Kier molecular flexibility index (Phi) is 4.86. The van der Waals surface area contributed by atoms with Gasteiger partial charge in [-0.1, -0.05) is 20.8 Å². The second-order valence-corrected chi connectivity index (χ2v) is 12.7. The third kappa shape index (κ3) is 3.35. The van der Waals surface area contributed by atoms with Crippen LogP contribution in [0.2, 0.25) is 18.1 Å². The Labute approximate surface area is 130 Å². The van der Waals surface area contributed by atoms with Crippen LogP contribution in [-0.2, 0) is 14.0 Å².